The van der Waals surface area contributed by atoms with Gasteiger partial charge in [0.25, 0.3) is 0 Å². The Morgan fingerprint density at radius 2 is 1.71 bits per heavy atom. The first-order valence-electron chi connectivity index (χ1n) is 13.7. The fourth-order valence-corrected chi connectivity index (χ4v) is 9.92. The molecule has 0 radical (unpaired) electrons. The predicted octanol–water partition coefficient (Wildman–Crippen LogP) is 6.75. The van der Waals surface area contributed by atoms with Gasteiger partial charge in [0.2, 0.25) is 0 Å². The highest BCUT2D eigenvalue weighted by molar-refractivity contribution is 5.36. The molecule has 176 valence electrons. The first kappa shape index (κ1) is 22.5. The molecule has 0 aromatic carbocycles. The van der Waals surface area contributed by atoms with Crippen LogP contribution < -0.4 is 0 Å². The Balaban J connectivity index is 1.38. The van der Waals surface area contributed by atoms with Gasteiger partial charge in [0.05, 0.1) is 12.2 Å². The fraction of sp³-hybridized carbons (Fsp3) is 0.931. The predicted molar refractivity (Wildman–Crippen MR) is 127 cm³/mol. The van der Waals surface area contributed by atoms with Gasteiger partial charge in [-0.2, -0.15) is 0 Å². The van der Waals surface area contributed by atoms with Crippen molar-refractivity contribution >= 4 is 0 Å². The second-order valence-electron chi connectivity index (χ2n) is 13.5. The van der Waals surface area contributed by atoms with E-state index in [4.69, 9.17) is 0 Å². The third kappa shape index (κ3) is 3.24. The Labute approximate surface area is 191 Å². The van der Waals surface area contributed by atoms with E-state index in [2.05, 4.69) is 40.7 Å². The SMILES string of the molecule is CC(C)CCC[C@@H](C)[C@H]1[C@H](O)C[C@H]2[C@@H]3CC=C4C5(CC5)[C@@H](O)CC[C@]4(C)[C@H]3CC[C@]12C. The van der Waals surface area contributed by atoms with Crippen LogP contribution >= 0.6 is 0 Å². The summed E-state index contributed by atoms with van der Waals surface area (Å²) in [5.41, 5.74) is 2.42. The summed E-state index contributed by atoms with van der Waals surface area (Å²) in [6.07, 6.45) is 15.8. The van der Waals surface area contributed by atoms with Crippen LogP contribution in [0.2, 0.25) is 0 Å². The number of hydrogen-bond donors (Lipinski definition) is 2. The van der Waals surface area contributed by atoms with Gasteiger partial charge in [0, 0.05) is 5.41 Å². The average molecular weight is 429 g/mol. The number of aliphatic hydroxyl groups excluding tert-OH is 2. The van der Waals surface area contributed by atoms with Crippen LogP contribution in [0.15, 0.2) is 11.6 Å². The van der Waals surface area contributed by atoms with Crippen molar-refractivity contribution in [1.82, 2.24) is 0 Å². The van der Waals surface area contributed by atoms with Crippen molar-refractivity contribution in [3.05, 3.63) is 11.6 Å². The molecule has 5 aliphatic carbocycles. The van der Waals surface area contributed by atoms with Crippen molar-refractivity contribution in [2.24, 2.45) is 51.8 Å². The van der Waals surface area contributed by atoms with Crippen molar-refractivity contribution in [1.29, 1.82) is 0 Å². The third-order valence-corrected chi connectivity index (χ3v) is 11.5. The molecule has 4 saturated carbocycles. The Morgan fingerprint density at radius 3 is 2.39 bits per heavy atom. The number of allylic oxidation sites excluding steroid dienone is 1. The van der Waals surface area contributed by atoms with Crippen LogP contribution in [0.3, 0.4) is 0 Å². The highest BCUT2D eigenvalue weighted by Crippen LogP contribution is 2.72. The summed E-state index contributed by atoms with van der Waals surface area (Å²) in [5.74, 6) is 4.07. The normalized spacial score (nSPS) is 48.7. The lowest BCUT2D eigenvalue weighted by Gasteiger charge is -2.60. The van der Waals surface area contributed by atoms with Crippen LogP contribution in [0.5, 0.6) is 0 Å². The van der Waals surface area contributed by atoms with Crippen LogP contribution in [-0.2, 0) is 0 Å². The van der Waals surface area contributed by atoms with E-state index in [1.165, 1.54) is 57.8 Å². The van der Waals surface area contributed by atoms with Crippen molar-refractivity contribution in [2.45, 2.75) is 117 Å². The van der Waals surface area contributed by atoms with Gasteiger partial charge in [-0.1, -0.05) is 65.5 Å². The largest absolute Gasteiger partial charge is 0.393 e. The molecule has 0 aliphatic heterocycles. The zero-order chi connectivity index (χ0) is 22.2. The Bertz CT molecular complexity index is 720. The summed E-state index contributed by atoms with van der Waals surface area (Å²) in [7, 11) is 0. The number of hydrogen-bond acceptors (Lipinski definition) is 2. The number of fused-ring (bicyclic) bond motifs is 6. The molecule has 0 amide bonds. The van der Waals surface area contributed by atoms with Gasteiger partial charge in [-0.25, -0.2) is 0 Å². The van der Waals surface area contributed by atoms with Gasteiger partial charge in [-0.3, -0.25) is 0 Å². The first-order chi connectivity index (χ1) is 14.6. The van der Waals surface area contributed by atoms with E-state index in [0.717, 1.165) is 30.6 Å². The highest BCUT2D eigenvalue weighted by Gasteiger charge is 2.66. The van der Waals surface area contributed by atoms with Crippen LogP contribution in [0.4, 0.5) is 0 Å². The molecule has 0 aromatic heterocycles. The van der Waals surface area contributed by atoms with Gasteiger partial charge >= 0.3 is 0 Å². The summed E-state index contributed by atoms with van der Waals surface area (Å²) in [6, 6.07) is 0. The smallest absolute Gasteiger partial charge is 0.0634 e. The molecular formula is C29H48O2. The zero-order valence-electron chi connectivity index (χ0n) is 20.9. The molecule has 4 fully saturated rings. The molecule has 0 unspecified atom stereocenters. The van der Waals surface area contributed by atoms with Gasteiger partial charge < -0.3 is 10.2 Å². The van der Waals surface area contributed by atoms with E-state index in [-0.39, 0.29) is 17.6 Å². The van der Waals surface area contributed by atoms with Crippen molar-refractivity contribution in [2.75, 3.05) is 0 Å². The average Bonchev–Trinajstić information content (AvgIpc) is 3.43. The molecule has 0 aromatic rings. The van der Waals surface area contributed by atoms with Gasteiger partial charge in [0.1, 0.15) is 0 Å². The molecule has 2 heteroatoms. The maximum absolute atomic E-state index is 11.3. The molecule has 2 nitrogen and oxygen atoms in total. The molecule has 5 aliphatic rings. The Hall–Kier alpha value is -0.340. The molecule has 5 rings (SSSR count). The summed E-state index contributed by atoms with van der Waals surface area (Å²) in [4.78, 5) is 0. The van der Waals surface area contributed by atoms with E-state index in [1.807, 2.05) is 0 Å². The van der Waals surface area contributed by atoms with E-state index < -0.39 is 0 Å². The van der Waals surface area contributed by atoms with Gasteiger partial charge in [-0.05, 0) is 97.7 Å². The topological polar surface area (TPSA) is 40.5 Å². The summed E-state index contributed by atoms with van der Waals surface area (Å²) in [6.45, 7) is 12.2. The molecule has 0 bridgehead atoms. The molecule has 1 spiro atoms. The van der Waals surface area contributed by atoms with E-state index in [0.29, 0.717) is 28.6 Å². The minimum absolute atomic E-state index is 0.0957. The monoisotopic (exact) mass is 428 g/mol. The zero-order valence-corrected chi connectivity index (χ0v) is 20.9. The third-order valence-electron chi connectivity index (χ3n) is 11.5. The number of rotatable bonds is 5. The summed E-state index contributed by atoms with van der Waals surface area (Å²) >= 11 is 0. The van der Waals surface area contributed by atoms with Gasteiger partial charge in [-0.15, -0.1) is 0 Å². The molecule has 0 saturated heterocycles. The Kier molecular flexibility index (Phi) is 5.50. The van der Waals surface area contributed by atoms with Crippen LogP contribution in [0.1, 0.15) is 105 Å². The van der Waals surface area contributed by atoms with Crippen molar-refractivity contribution in [3.63, 3.8) is 0 Å². The molecule has 9 atom stereocenters. The Morgan fingerprint density at radius 1 is 0.968 bits per heavy atom. The molecule has 2 N–H and O–H groups in total. The molecule has 0 heterocycles. The second-order valence-corrected chi connectivity index (χ2v) is 13.5. The van der Waals surface area contributed by atoms with Crippen molar-refractivity contribution in [3.8, 4) is 0 Å². The maximum atomic E-state index is 11.3. The van der Waals surface area contributed by atoms with Crippen molar-refractivity contribution < 1.29 is 10.2 Å². The van der Waals surface area contributed by atoms with E-state index >= 15 is 0 Å². The molecular weight excluding hydrogens is 380 g/mol. The maximum Gasteiger partial charge on any atom is 0.0634 e. The van der Waals surface area contributed by atoms with Gasteiger partial charge in [0.15, 0.2) is 0 Å². The number of aliphatic hydroxyl groups is 2. The lowest BCUT2D eigenvalue weighted by atomic mass is 9.45. The van der Waals surface area contributed by atoms with Crippen LogP contribution in [0.25, 0.3) is 0 Å². The first-order valence-corrected chi connectivity index (χ1v) is 13.7. The second kappa shape index (κ2) is 7.59. The minimum atomic E-state index is -0.107. The minimum Gasteiger partial charge on any atom is -0.393 e. The molecule has 31 heavy (non-hydrogen) atoms. The standard InChI is InChI=1S/C29H48O2/c1-18(2)7-6-8-19(3)26-23(30)17-22-20-9-10-24-27(4,21(20)11-13-28(22,26)5)14-12-25(31)29(24)15-16-29/h10,18-23,25-26,30-31H,6-9,11-17H2,1-5H3/t19-,20-,21+,22+,23-,25+,26+,27-,28+/m1/s1. The summed E-state index contributed by atoms with van der Waals surface area (Å²) < 4.78 is 0. The lowest BCUT2D eigenvalue weighted by molar-refractivity contribution is -0.0723. The lowest BCUT2D eigenvalue weighted by Crippen LogP contribution is -2.53. The highest BCUT2D eigenvalue weighted by atomic mass is 16.3. The van der Waals surface area contributed by atoms with E-state index in [1.54, 1.807) is 5.57 Å². The van der Waals surface area contributed by atoms with Crippen LogP contribution in [0, 0.1) is 51.8 Å². The quantitative estimate of drug-likeness (QED) is 0.475. The summed E-state index contributed by atoms with van der Waals surface area (Å²) in [5, 5.41) is 22.1. The van der Waals surface area contributed by atoms with Crippen LogP contribution in [-0.4, -0.2) is 22.4 Å². The fourth-order valence-electron chi connectivity index (χ4n) is 9.92. The van der Waals surface area contributed by atoms with E-state index in [9.17, 15) is 10.2 Å².